The van der Waals surface area contributed by atoms with Crippen molar-refractivity contribution in [2.24, 2.45) is 0 Å². The normalized spacial score (nSPS) is 10.9. The molecule has 1 aromatic carbocycles. The molecule has 0 spiro atoms. The zero-order chi connectivity index (χ0) is 13.1. The maximum atomic E-state index is 11.5. The Bertz CT molecular complexity index is 408. The second-order valence-electron chi connectivity index (χ2n) is 4.81. The fraction of sp³-hybridized carbons (Fsp3) is 0.462. The number of nitrogens with one attached hydrogen (secondary N) is 1. The first-order chi connectivity index (χ1) is 7.81. The van der Waals surface area contributed by atoms with Gasteiger partial charge >= 0.3 is 6.09 Å². The highest BCUT2D eigenvalue weighted by molar-refractivity contribution is 5.85. The van der Waals surface area contributed by atoms with Gasteiger partial charge in [0.25, 0.3) is 0 Å². The van der Waals surface area contributed by atoms with Gasteiger partial charge in [0, 0.05) is 5.69 Å². The van der Waals surface area contributed by atoms with Gasteiger partial charge in [0.15, 0.2) is 0 Å². The minimum absolute atomic E-state index is 0.456. The molecule has 0 aliphatic carbocycles. The van der Waals surface area contributed by atoms with Crippen LogP contribution in [0, 0.1) is 6.92 Å². The van der Waals surface area contributed by atoms with E-state index in [1.807, 2.05) is 39.8 Å². The Kier molecular flexibility index (Phi) is 3.99. The predicted octanol–water partition coefficient (Wildman–Crippen LogP) is 3.35. The summed E-state index contributed by atoms with van der Waals surface area (Å²) in [5.41, 5.74) is 1.16. The number of methoxy groups -OCH3 is 1. The molecule has 0 saturated carbocycles. The molecule has 0 unspecified atom stereocenters. The number of rotatable bonds is 2. The van der Waals surface area contributed by atoms with Crippen molar-refractivity contribution in [1.29, 1.82) is 0 Å². The highest BCUT2D eigenvalue weighted by atomic mass is 16.6. The van der Waals surface area contributed by atoms with Gasteiger partial charge in [-0.1, -0.05) is 0 Å². The van der Waals surface area contributed by atoms with Crippen molar-refractivity contribution in [3.8, 4) is 5.75 Å². The summed E-state index contributed by atoms with van der Waals surface area (Å²) in [6, 6.07) is 5.42. The van der Waals surface area contributed by atoms with Crippen molar-refractivity contribution in [3.63, 3.8) is 0 Å². The average molecular weight is 237 g/mol. The number of carbonyl (C=O) groups excluding carboxylic acids is 1. The molecule has 0 heterocycles. The van der Waals surface area contributed by atoms with Crippen LogP contribution in [0.2, 0.25) is 0 Å². The summed E-state index contributed by atoms with van der Waals surface area (Å²) in [5.74, 6) is 0.791. The molecular weight excluding hydrogens is 218 g/mol. The lowest BCUT2D eigenvalue weighted by Gasteiger charge is -2.19. The second-order valence-corrected chi connectivity index (χ2v) is 4.81. The van der Waals surface area contributed by atoms with Gasteiger partial charge in [0.05, 0.1) is 7.11 Å². The van der Waals surface area contributed by atoms with E-state index < -0.39 is 11.7 Å². The zero-order valence-corrected chi connectivity index (χ0v) is 11.0. The van der Waals surface area contributed by atoms with Gasteiger partial charge in [-0.25, -0.2) is 4.79 Å². The molecule has 0 aliphatic heterocycles. The first kappa shape index (κ1) is 13.4. The zero-order valence-electron chi connectivity index (χ0n) is 11.0. The van der Waals surface area contributed by atoms with Crippen LogP contribution >= 0.6 is 0 Å². The second kappa shape index (κ2) is 5.08. The van der Waals surface area contributed by atoms with Gasteiger partial charge in [-0.2, -0.15) is 0 Å². The third kappa shape index (κ3) is 4.34. The quantitative estimate of drug-likeness (QED) is 0.858. The number of anilines is 1. The van der Waals surface area contributed by atoms with Crippen LogP contribution in [-0.4, -0.2) is 18.8 Å². The molecule has 1 aromatic rings. The smallest absolute Gasteiger partial charge is 0.412 e. The Morgan fingerprint density at radius 1 is 1.29 bits per heavy atom. The van der Waals surface area contributed by atoms with E-state index in [2.05, 4.69) is 5.32 Å². The van der Waals surface area contributed by atoms with Crippen LogP contribution in [0.4, 0.5) is 10.5 Å². The summed E-state index contributed by atoms with van der Waals surface area (Å²) >= 11 is 0. The monoisotopic (exact) mass is 237 g/mol. The molecule has 0 saturated heterocycles. The molecule has 4 nitrogen and oxygen atoms in total. The van der Waals surface area contributed by atoms with E-state index >= 15 is 0 Å². The van der Waals surface area contributed by atoms with Gasteiger partial charge < -0.3 is 9.47 Å². The number of carbonyl (C=O) groups is 1. The predicted molar refractivity (Wildman–Crippen MR) is 67.6 cm³/mol. The molecule has 1 rings (SSSR count). The van der Waals surface area contributed by atoms with Crippen LogP contribution in [0.3, 0.4) is 0 Å². The molecule has 0 bridgehead atoms. The minimum atomic E-state index is -0.494. The Morgan fingerprint density at radius 2 is 1.94 bits per heavy atom. The van der Waals surface area contributed by atoms with E-state index in [1.165, 1.54) is 0 Å². The number of hydrogen-bond donors (Lipinski definition) is 1. The molecule has 0 aliphatic rings. The maximum Gasteiger partial charge on any atom is 0.412 e. The van der Waals surface area contributed by atoms with Gasteiger partial charge in [-0.3, -0.25) is 5.32 Å². The van der Waals surface area contributed by atoms with Gasteiger partial charge in [-0.05, 0) is 51.5 Å². The van der Waals surface area contributed by atoms with Crippen molar-refractivity contribution in [2.75, 3.05) is 12.4 Å². The number of benzene rings is 1. The lowest BCUT2D eigenvalue weighted by atomic mass is 10.2. The van der Waals surface area contributed by atoms with Crippen LogP contribution in [0.1, 0.15) is 26.3 Å². The highest BCUT2D eigenvalue weighted by Gasteiger charge is 2.16. The van der Waals surface area contributed by atoms with Crippen LogP contribution in [0.5, 0.6) is 5.75 Å². The SMILES string of the molecule is COc1ccc(NC(=O)OC(C)(C)C)cc1C. The van der Waals surface area contributed by atoms with E-state index in [0.29, 0.717) is 5.69 Å². The Hall–Kier alpha value is -1.71. The largest absolute Gasteiger partial charge is 0.496 e. The van der Waals surface area contributed by atoms with Crippen LogP contribution in [0.25, 0.3) is 0 Å². The Morgan fingerprint density at radius 3 is 2.41 bits per heavy atom. The van der Waals surface area contributed by atoms with E-state index in [0.717, 1.165) is 11.3 Å². The first-order valence-electron chi connectivity index (χ1n) is 5.46. The topological polar surface area (TPSA) is 47.6 Å². The molecule has 94 valence electrons. The lowest BCUT2D eigenvalue weighted by molar-refractivity contribution is 0.0636. The molecular formula is C13H19NO3. The number of aryl methyl sites for hydroxylation is 1. The molecule has 1 amide bonds. The molecule has 0 radical (unpaired) electrons. The van der Waals surface area contributed by atoms with Crippen molar-refractivity contribution in [1.82, 2.24) is 0 Å². The number of amides is 1. The molecule has 0 atom stereocenters. The fourth-order valence-electron chi connectivity index (χ4n) is 1.38. The molecule has 1 N–H and O–H groups in total. The minimum Gasteiger partial charge on any atom is -0.496 e. The summed E-state index contributed by atoms with van der Waals surface area (Å²) in [6.07, 6.45) is -0.456. The lowest BCUT2D eigenvalue weighted by Crippen LogP contribution is -2.27. The third-order valence-corrected chi connectivity index (χ3v) is 2.04. The molecule has 17 heavy (non-hydrogen) atoms. The van der Waals surface area contributed by atoms with Crippen molar-refractivity contribution in [2.45, 2.75) is 33.3 Å². The van der Waals surface area contributed by atoms with Gasteiger partial charge in [0.1, 0.15) is 11.4 Å². The van der Waals surface area contributed by atoms with E-state index in [1.54, 1.807) is 13.2 Å². The molecule has 0 fully saturated rings. The highest BCUT2D eigenvalue weighted by Crippen LogP contribution is 2.21. The van der Waals surface area contributed by atoms with Gasteiger partial charge in [-0.15, -0.1) is 0 Å². The Labute approximate surface area is 102 Å². The number of hydrogen-bond acceptors (Lipinski definition) is 3. The summed E-state index contributed by atoms with van der Waals surface area (Å²) in [6.45, 7) is 7.39. The average Bonchev–Trinajstić information content (AvgIpc) is 2.14. The summed E-state index contributed by atoms with van der Waals surface area (Å²) in [5, 5.41) is 2.67. The van der Waals surface area contributed by atoms with Gasteiger partial charge in [0.2, 0.25) is 0 Å². The Balaban J connectivity index is 2.69. The van der Waals surface area contributed by atoms with E-state index in [9.17, 15) is 4.79 Å². The maximum absolute atomic E-state index is 11.5. The summed E-state index contributed by atoms with van der Waals surface area (Å²) in [7, 11) is 1.61. The first-order valence-corrected chi connectivity index (χ1v) is 5.46. The van der Waals surface area contributed by atoms with Crippen LogP contribution in [-0.2, 0) is 4.74 Å². The van der Waals surface area contributed by atoms with Crippen LogP contribution in [0.15, 0.2) is 18.2 Å². The van der Waals surface area contributed by atoms with E-state index in [-0.39, 0.29) is 0 Å². The summed E-state index contributed by atoms with van der Waals surface area (Å²) < 4.78 is 10.3. The van der Waals surface area contributed by atoms with Crippen molar-refractivity contribution in [3.05, 3.63) is 23.8 Å². The standard InChI is InChI=1S/C13H19NO3/c1-9-8-10(6-7-11(9)16-5)14-12(15)17-13(2,3)4/h6-8H,1-5H3,(H,14,15). The van der Waals surface area contributed by atoms with E-state index in [4.69, 9.17) is 9.47 Å². The third-order valence-electron chi connectivity index (χ3n) is 2.04. The molecule has 0 aromatic heterocycles. The number of ether oxygens (including phenoxy) is 2. The summed E-state index contributed by atoms with van der Waals surface area (Å²) in [4.78, 5) is 11.5. The van der Waals surface area contributed by atoms with Crippen LogP contribution < -0.4 is 10.1 Å². The molecule has 4 heteroatoms. The van der Waals surface area contributed by atoms with Crippen molar-refractivity contribution >= 4 is 11.8 Å². The van der Waals surface area contributed by atoms with Crippen molar-refractivity contribution < 1.29 is 14.3 Å². The fourth-order valence-corrected chi connectivity index (χ4v) is 1.38.